The molecule has 19 heavy (non-hydrogen) atoms. The van der Waals surface area contributed by atoms with Gasteiger partial charge in [-0.05, 0) is 24.3 Å². The Kier molecular flexibility index (Phi) is 3.71. The number of hydrogen-bond donors (Lipinski definition) is 1. The molecule has 0 aliphatic carbocycles. The standard InChI is InChI=1S/C15H15NO3/c1-15(14(16)17,18-12-8-4-2-5-9-12)19-13-10-6-3-7-11-13/h2-11H,1H3,(H2,16,17). The van der Waals surface area contributed by atoms with Crippen LogP contribution in [0.5, 0.6) is 11.5 Å². The molecule has 0 aliphatic rings. The number of para-hydroxylation sites is 2. The lowest BCUT2D eigenvalue weighted by atomic mass is 10.2. The summed E-state index contributed by atoms with van der Waals surface area (Å²) in [6, 6.07) is 17.9. The van der Waals surface area contributed by atoms with E-state index in [1.54, 1.807) is 48.5 Å². The zero-order valence-electron chi connectivity index (χ0n) is 10.6. The monoisotopic (exact) mass is 257 g/mol. The van der Waals surface area contributed by atoms with Crippen LogP contribution in [0, 0.1) is 0 Å². The van der Waals surface area contributed by atoms with E-state index in [0.717, 1.165) is 0 Å². The molecule has 4 nitrogen and oxygen atoms in total. The molecular formula is C15H15NO3. The van der Waals surface area contributed by atoms with Gasteiger partial charge in [-0.2, -0.15) is 0 Å². The number of amides is 1. The Morgan fingerprint density at radius 2 is 1.26 bits per heavy atom. The molecule has 2 aromatic rings. The van der Waals surface area contributed by atoms with Crippen molar-refractivity contribution in [3.05, 3.63) is 60.7 Å². The molecule has 0 saturated carbocycles. The normalized spacial score (nSPS) is 10.8. The molecule has 2 aromatic carbocycles. The smallest absolute Gasteiger partial charge is 0.328 e. The van der Waals surface area contributed by atoms with Crippen LogP contribution < -0.4 is 15.2 Å². The zero-order valence-corrected chi connectivity index (χ0v) is 10.6. The highest BCUT2D eigenvalue weighted by atomic mass is 16.7. The summed E-state index contributed by atoms with van der Waals surface area (Å²) in [6.07, 6.45) is 0. The third-order valence-corrected chi connectivity index (χ3v) is 2.56. The van der Waals surface area contributed by atoms with Crippen molar-refractivity contribution >= 4 is 5.91 Å². The van der Waals surface area contributed by atoms with E-state index in [1.165, 1.54) is 6.92 Å². The molecule has 0 atom stereocenters. The maximum absolute atomic E-state index is 11.6. The van der Waals surface area contributed by atoms with Crippen LogP contribution in [0.3, 0.4) is 0 Å². The molecular weight excluding hydrogens is 242 g/mol. The minimum atomic E-state index is -1.55. The van der Waals surface area contributed by atoms with E-state index in [4.69, 9.17) is 15.2 Å². The first-order valence-corrected chi connectivity index (χ1v) is 5.88. The first kappa shape index (κ1) is 13.0. The summed E-state index contributed by atoms with van der Waals surface area (Å²) in [5.74, 6) is -1.22. The Morgan fingerprint density at radius 3 is 1.58 bits per heavy atom. The van der Waals surface area contributed by atoms with Gasteiger partial charge in [-0.25, -0.2) is 0 Å². The second-order valence-corrected chi connectivity index (χ2v) is 4.14. The topological polar surface area (TPSA) is 61.6 Å². The van der Waals surface area contributed by atoms with E-state index in [1.807, 2.05) is 12.1 Å². The van der Waals surface area contributed by atoms with Gasteiger partial charge in [0.15, 0.2) is 0 Å². The summed E-state index contributed by atoms with van der Waals surface area (Å²) in [7, 11) is 0. The maximum atomic E-state index is 11.6. The van der Waals surface area contributed by atoms with Crippen molar-refractivity contribution in [2.75, 3.05) is 0 Å². The van der Waals surface area contributed by atoms with Crippen molar-refractivity contribution in [2.24, 2.45) is 5.73 Å². The van der Waals surface area contributed by atoms with Crippen LogP contribution in [0.4, 0.5) is 0 Å². The molecule has 2 rings (SSSR count). The molecule has 0 aliphatic heterocycles. The largest absolute Gasteiger partial charge is 0.444 e. The van der Waals surface area contributed by atoms with Crippen LogP contribution >= 0.6 is 0 Å². The van der Waals surface area contributed by atoms with Gasteiger partial charge in [-0.3, -0.25) is 4.79 Å². The van der Waals surface area contributed by atoms with Crippen LogP contribution in [-0.2, 0) is 4.79 Å². The molecule has 1 amide bonds. The highest BCUT2D eigenvalue weighted by Gasteiger charge is 2.36. The first-order valence-electron chi connectivity index (χ1n) is 5.88. The van der Waals surface area contributed by atoms with Crippen molar-refractivity contribution < 1.29 is 14.3 Å². The summed E-state index contributed by atoms with van der Waals surface area (Å²) < 4.78 is 11.1. The van der Waals surface area contributed by atoms with E-state index >= 15 is 0 Å². The van der Waals surface area contributed by atoms with E-state index in [2.05, 4.69) is 0 Å². The highest BCUT2D eigenvalue weighted by molar-refractivity contribution is 5.82. The number of hydrogen-bond acceptors (Lipinski definition) is 3. The molecule has 0 bridgehead atoms. The van der Waals surface area contributed by atoms with Crippen LogP contribution in [0.25, 0.3) is 0 Å². The van der Waals surface area contributed by atoms with Crippen molar-refractivity contribution in [3.8, 4) is 11.5 Å². The fourth-order valence-electron chi connectivity index (χ4n) is 1.55. The number of rotatable bonds is 5. The predicted molar refractivity (Wildman–Crippen MR) is 71.7 cm³/mol. The SMILES string of the molecule is CC(Oc1ccccc1)(Oc1ccccc1)C(N)=O. The molecule has 0 unspecified atom stereocenters. The van der Waals surface area contributed by atoms with Gasteiger partial charge in [0.25, 0.3) is 0 Å². The van der Waals surface area contributed by atoms with Crippen LogP contribution in [0.1, 0.15) is 6.92 Å². The van der Waals surface area contributed by atoms with Gasteiger partial charge in [0, 0.05) is 6.92 Å². The van der Waals surface area contributed by atoms with E-state index in [0.29, 0.717) is 11.5 Å². The zero-order chi connectivity index (χ0) is 13.7. The van der Waals surface area contributed by atoms with Gasteiger partial charge < -0.3 is 15.2 Å². The Balaban J connectivity index is 2.21. The maximum Gasteiger partial charge on any atom is 0.328 e. The summed E-state index contributed by atoms with van der Waals surface area (Å²) >= 11 is 0. The summed E-state index contributed by atoms with van der Waals surface area (Å²) in [5, 5.41) is 0. The Hall–Kier alpha value is -2.49. The van der Waals surface area contributed by atoms with Crippen LogP contribution in [0.2, 0.25) is 0 Å². The molecule has 0 saturated heterocycles. The van der Waals surface area contributed by atoms with Crippen LogP contribution in [-0.4, -0.2) is 11.7 Å². The molecule has 0 fully saturated rings. The number of ether oxygens (including phenoxy) is 2. The molecule has 98 valence electrons. The van der Waals surface area contributed by atoms with Crippen molar-refractivity contribution in [3.63, 3.8) is 0 Å². The number of carbonyl (C=O) groups is 1. The first-order chi connectivity index (χ1) is 9.10. The third kappa shape index (κ3) is 3.25. The molecule has 0 aromatic heterocycles. The Bertz CT molecular complexity index is 498. The fourth-order valence-corrected chi connectivity index (χ4v) is 1.55. The van der Waals surface area contributed by atoms with Gasteiger partial charge in [-0.15, -0.1) is 0 Å². The summed E-state index contributed by atoms with van der Waals surface area (Å²) in [5.41, 5.74) is 5.38. The molecule has 0 spiro atoms. The molecule has 0 heterocycles. The second-order valence-electron chi connectivity index (χ2n) is 4.14. The van der Waals surface area contributed by atoms with Gasteiger partial charge in [-0.1, -0.05) is 36.4 Å². The number of benzene rings is 2. The molecule has 4 heteroatoms. The quantitative estimate of drug-likeness (QED) is 0.836. The lowest BCUT2D eigenvalue weighted by molar-refractivity contribution is -0.158. The Labute approximate surface area is 111 Å². The average molecular weight is 257 g/mol. The summed E-state index contributed by atoms with van der Waals surface area (Å²) in [6.45, 7) is 1.50. The number of primary amides is 1. The van der Waals surface area contributed by atoms with Crippen LogP contribution in [0.15, 0.2) is 60.7 Å². The van der Waals surface area contributed by atoms with Gasteiger partial charge in [0.1, 0.15) is 11.5 Å². The molecule has 0 radical (unpaired) electrons. The van der Waals surface area contributed by atoms with Crippen molar-refractivity contribution in [1.29, 1.82) is 0 Å². The second kappa shape index (κ2) is 5.44. The van der Waals surface area contributed by atoms with E-state index < -0.39 is 11.7 Å². The van der Waals surface area contributed by atoms with Gasteiger partial charge in [0.05, 0.1) is 0 Å². The fraction of sp³-hybridized carbons (Fsp3) is 0.133. The minimum absolute atomic E-state index is 0.514. The number of carbonyl (C=O) groups excluding carboxylic acids is 1. The lowest BCUT2D eigenvalue weighted by Gasteiger charge is -2.28. The number of nitrogens with two attached hydrogens (primary N) is 1. The van der Waals surface area contributed by atoms with E-state index in [9.17, 15) is 4.79 Å². The highest BCUT2D eigenvalue weighted by Crippen LogP contribution is 2.22. The predicted octanol–water partition coefficient (Wildman–Crippen LogP) is 2.35. The van der Waals surface area contributed by atoms with E-state index in [-0.39, 0.29) is 0 Å². The molecule has 2 N–H and O–H groups in total. The third-order valence-electron chi connectivity index (χ3n) is 2.56. The van der Waals surface area contributed by atoms with Gasteiger partial charge in [0.2, 0.25) is 0 Å². The van der Waals surface area contributed by atoms with Gasteiger partial charge >= 0.3 is 11.7 Å². The Morgan fingerprint density at radius 1 is 0.895 bits per heavy atom. The average Bonchev–Trinajstić information content (AvgIpc) is 2.40. The van der Waals surface area contributed by atoms with Crippen molar-refractivity contribution in [2.45, 2.75) is 12.7 Å². The summed E-state index contributed by atoms with van der Waals surface area (Å²) in [4.78, 5) is 11.6. The minimum Gasteiger partial charge on any atom is -0.444 e. The lowest BCUT2D eigenvalue weighted by Crippen LogP contribution is -2.51. The van der Waals surface area contributed by atoms with Crippen molar-refractivity contribution in [1.82, 2.24) is 0 Å².